The van der Waals surface area contributed by atoms with Crippen LogP contribution in [0.4, 0.5) is 10.1 Å². The van der Waals surface area contributed by atoms with E-state index in [4.69, 9.17) is 9.47 Å². The number of esters is 1. The molecule has 1 N–H and O–H groups in total. The quantitative estimate of drug-likeness (QED) is 0.670. The summed E-state index contributed by atoms with van der Waals surface area (Å²) < 4.78 is 23.4. The lowest BCUT2D eigenvalue weighted by molar-refractivity contribution is -0.148. The largest absolute Gasteiger partial charge is 0.479 e. The van der Waals surface area contributed by atoms with E-state index in [-0.39, 0.29) is 24.7 Å². The van der Waals surface area contributed by atoms with Crippen LogP contribution >= 0.6 is 0 Å². The van der Waals surface area contributed by atoms with Crippen molar-refractivity contribution in [3.8, 4) is 5.75 Å². The highest BCUT2D eigenvalue weighted by atomic mass is 19.1. The lowest BCUT2D eigenvalue weighted by Crippen LogP contribution is -2.45. The van der Waals surface area contributed by atoms with Gasteiger partial charge in [0.05, 0.1) is 12.1 Å². The fraction of sp³-hybridized carbons (Fsp3) is 0.318. The van der Waals surface area contributed by atoms with Crippen molar-refractivity contribution in [2.75, 3.05) is 24.6 Å². The Labute approximate surface area is 173 Å². The number of carbonyl (C=O) groups is 3. The monoisotopic (exact) mass is 414 g/mol. The summed E-state index contributed by atoms with van der Waals surface area (Å²) in [6.07, 6.45) is -0.144. The van der Waals surface area contributed by atoms with Crippen molar-refractivity contribution in [3.05, 3.63) is 59.9 Å². The first kappa shape index (κ1) is 21.3. The second-order valence-corrected chi connectivity index (χ2v) is 6.85. The van der Waals surface area contributed by atoms with Gasteiger partial charge >= 0.3 is 5.97 Å². The van der Waals surface area contributed by atoms with Crippen molar-refractivity contribution in [2.45, 2.75) is 25.9 Å². The Morgan fingerprint density at radius 3 is 2.67 bits per heavy atom. The summed E-state index contributed by atoms with van der Waals surface area (Å²) in [5.41, 5.74) is 1.49. The van der Waals surface area contributed by atoms with Crippen LogP contribution in [0.2, 0.25) is 0 Å². The molecule has 0 spiro atoms. The third-order valence-electron chi connectivity index (χ3n) is 4.63. The first-order chi connectivity index (χ1) is 14.4. The number of anilines is 1. The van der Waals surface area contributed by atoms with Gasteiger partial charge in [-0.15, -0.1) is 0 Å². The van der Waals surface area contributed by atoms with Crippen molar-refractivity contribution in [2.24, 2.45) is 0 Å². The van der Waals surface area contributed by atoms with Crippen LogP contribution in [0.25, 0.3) is 0 Å². The Balaban J connectivity index is 1.40. The van der Waals surface area contributed by atoms with Crippen LogP contribution < -0.4 is 15.0 Å². The van der Waals surface area contributed by atoms with E-state index >= 15 is 0 Å². The Morgan fingerprint density at radius 2 is 1.90 bits per heavy atom. The highest BCUT2D eigenvalue weighted by Crippen LogP contribution is 2.33. The molecule has 2 aromatic carbocycles. The minimum absolute atomic E-state index is 0.0460. The van der Waals surface area contributed by atoms with Gasteiger partial charge < -0.3 is 19.7 Å². The van der Waals surface area contributed by atoms with E-state index in [1.807, 2.05) is 6.07 Å². The molecule has 158 valence electrons. The number of para-hydroxylation sites is 2. The predicted octanol–water partition coefficient (Wildman–Crippen LogP) is 2.23. The van der Waals surface area contributed by atoms with Crippen LogP contribution in [0.15, 0.2) is 48.5 Å². The number of halogens is 1. The molecule has 2 aromatic rings. The van der Waals surface area contributed by atoms with Crippen molar-refractivity contribution < 1.29 is 28.2 Å². The number of hydrogen-bond acceptors (Lipinski definition) is 5. The van der Waals surface area contributed by atoms with Gasteiger partial charge in [-0.2, -0.15) is 0 Å². The van der Waals surface area contributed by atoms with Gasteiger partial charge in [-0.25, -0.2) is 4.39 Å². The first-order valence-corrected chi connectivity index (χ1v) is 9.68. The van der Waals surface area contributed by atoms with Crippen LogP contribution in [0.1, 0.15) is 18.9 Å². The van der Waals surface area contributed by atoms with Gasteiger partial charge in [0.1, 0.15) is 11.6 Å². The molecule has 0 fully saturated rings. The summed E-state index contributed by atoms with van der Waals surface area (Å²) in [7, 11) is 0. The summed E-state index contributed by atoms with van der Waals surface area (Å²) in [6, 6.07) is 13.1. The summed E-state index contributed by atoms with van der Waals surface area (Å²) in [6.45, 7) is 1.74. The number of benzene rings is 2. The smallest absolute Gasteiger partial charge is 0.308 e. The molecule has 1 atom stereocenters. The molecule has 1 aliphatic heterocycles. The summed E-state index contributed by atoms with van der Waals surface area (Å²) in [5, 5.41) is 2.64. The maximum Gasteiger partial charge on any atom is 0.308 e. The maximum absolute atomic E-state index is 12.9. The molecule has 3 rings (SSSR count). The van der Waals surface area contributed by atoms with Gasteiger partial charge in [0, 0.05) is 13.1 Å². The molecule has 1 heterocycles. The number of amides is 2. The number of carbonyl (C=O) groups excluding carboxylic acids is 3. The molecule has 0 radical (unpaired) electrons. The molecule has 0 bridgehead atoms. The topological polar surface area (TPSA) is 84.9 Å². The summed E-state index contributed by atoms with van der Waals surface area (Å²) >= 11 is 0. The van der Waals surface area contributed by atoms with E-state index in [2.05, 4.69) is 5.32 Å². The zero-order valence-corrected chi connectivity index (χ0v) is 16.6. The lowest BCUT2D eigenvalue weighted by Gasteiger charge is -2.32. The Morgan fingerprint density at radius 1 is 1.17 bits per heavy atom. The molecule has 0 saturated carbocycles. The van der Waals surface area contributed by atoms with E-state index in [0.29, 0.717) is 24.4 Å². The highest BCUT2D eigenvalue weighted by molar-refractivity contribution is 6.00. The molecular formula is C22H23FN2O5. The van der Waals surface area contributed by atoms with Gasteiger partial charge in [0.25, 0.3) is 11.8 Å². The van der Waals surface area contributed by atoms with E-state index in [0.717, 1.165) is 5.56 Å². The van der Waals surface area contributed by atoms with Gasteiger partial charge in [-0.3, -0.25) is 14.4 Å². The number of ether oxygens (including phenoxy) is 2. The number of nitrogens with one attached hydrogen (secondary N) is 1. The fourth-order valence-electron chi connectivity index (χ4n) is 3.06. The predicted molar refractivity (Wildman–Crippen MR) is 108 cm³/mol. The van der Waals surface area contributed by atoms with E-state index in [1.54, 1.807) is 37.3 Å². The summed E-state index contributed by atoms with van der Waals surface area (Å²) in [4.78, 5) is 37.7. The minimum Gasteiger partial charge on any atom is -0.479 e. The van der Waals surface area contributed by atoms with Crippen molar-refractivity contribution in [1.82, 2.24) is 5.32 Å². The number of fused-ring (bicyclic) bond motifs is 1. The average Bonchev–Trinajstić information content (AvgIpc) is 2.74. The van der Waals surface area contributed by atoms with Crippen molar-refractivity contribution in [1.29, 1.82) is 0 Å². The number of rotatable bonds is 8. The fourth-order valence-corrected chi connectivity index (χ4v) is 3.06. The molecule has 1 unspecified atom stereocenters. The molecule has 0 aliphatic carbocycles. The molecule has 2 amide bonds. The Bertz CT molecular complexity index is 916. The zero-order chi connectivity index (χ0) is 21.5. The number of nitrogens with zero attached hydrogens (tertiary/aromatic N) is 1. The van der Waals surface area contributed by atoms with Crippen molar-refractivity contribution >= 4 is 23.5 Å². The zero-order valence-electron chi connectivity index (χ0n) is 16.6. The van der Waals surface area contributed by atoms with Crippen LogP contribution in [-0.2, 0) is 25.5 Å². The SMILES string of the molecule is CC1Oc2ccccc2N(CCC(=O)OCC(=O)NCCc2ccc(F)cc2)C1=O. The van der Waals surface area contributed by atoms with Crippen LogP contribution in [0.5, 0.6) is 5.75 Å². The average molecular weight is 414 g/mol. The maximum atomic E-state index is 12.9. The molecule has 0 aromatic heterocycles. The van der Waals surface area contributed by atoms with Gasteiger partial charge in [0.15, 0.2) is 12.7 Å². The second kappa shape index (κ2) is 9.87. The van der Waals surface area contributed by atoms with Gasteiger partial charge in [0.2, 0.25) is 0 Å². The number of hydrogen-bond donors (Lipinski definition) is 1. The lowest BCUT2D eigenvalue weighted by atomic mass is 10.1. The molecule has 7 nitrogen and oxygen atoms in total. The first-order valence-electron chi connectivity index (χ1n) is 9.68. The third kappa shape index (κ3) is 5.56. The normalized spacial score (nSPS) is 15.2. The Kier molecular flexibility index (Phi) is 7.00. The van der Waals surface area contributed by atoms with Crippen LogP contribution in [-0.4, -0.2) is 43.6 Å². The van der Waals surface area contributed by atoms with E-state index in [9.17, 15) is 18.8 Å². The third-order valence-corrected chi connectivity index (χ3v) is 4.63. The highest BCUT2D eigenvalue weighted by Gasteiger charge is 2.31. The molecular weight excluding hydrogens is 391 g/mol. The molecule has 0 saturated heterocycles. The molecule has 1 aliphatic rings. The van der Waals surface area contributed by atoms with E-state index in [1.165, 1.54) is 17.0 Å². The van der Waals surface area contributed by atoms with Crippen molar-refractivity contribution in [3.63, 3.8) is 0 Å². The van der Waals surface area contributed by atoms with Crippen LogP contribution in [0, 0.1) is 5.82 Å². The van der Waals surface area contributed by atoms with Gasteiger partial charge in [-0.05, 0) is 43.2 Å². The second-order valence-electron chi connectivity index (χ2n) is 6.85. The minimum atomic E-state index is -0.636. The molecule has 30 heavy (non-hydrogen) atoms. The summed E-state index contributed by atoms with van der Waals surface area (Å²) in [5.74, 6) is -0.968. The van der Waals surface area contributed by atoms with Crippen LogP contribution in [0.3, 0.4) is 0 Å². The molecule has 8 heteroatoms. The standard InChI is InChI=1S/C22H23FN2O5/c1-15-22(28)25(18-4-2-3-5-19(18)30-15)13-11-21(27)29-14-20(26)24-12-10-16-6-8-17(23)9-7-16/h2-9,15H,10-14H2,1H3,(H,24,26). The van der Waals surface area contributed by atoms with E-state index < -0.39 is 24.6 Å². The Hall–Kier alpha value is -3.42. The van der Waals surface area contributed by atoms with Gasteiger partial charge in [-0.1, -0.05) is 24.3 Å².